The third kappa shape index (κ3) is 13.9. The Morgan fingerprint density at radius 2 is 1.55 bits per heavy atom. The van der Waals surface area contributed by atoms with E-state index in [0.29, 0.717) is 19.3 Å². The molecule has 0 heterocycles. The number of aliphatic hydroxyl groups is 1. The number of rotatable bonds is 9. The van der Waals surface area contributed by atoms with Gasteiger partial charge in [-0.15, -0.1) is 0 Å². The van der Waals surface area contributed by atoms with Crippen LogP contribution in [0.15, 0.2) is 0 Å². The molecule has 0 aromatic rings. The molecule has 0 radical (unpaired) electrons. The summed E-state index contributed by atoms with van der Waals surface area (Å²) >= 11 is 0. The van der Waals surface area contributed by atoms with E-state index in [1.165, 1.54) is 0 Å². The molecule has 138 valence electrons. The topological polar surface area (TPSA) is 83.8 Å². The summed E-state index contributed by atoms with van der Waals surface area (Å²) in [5.41, 5.74) is 0. The molecule has 5 nitrogen and oxygen atoms in total. The lowest BCUT2D eigenvalue weighted by molar-refractivity contribution is -0.148. The van der Waals surface area contributed by atoms with Crippen molar-refractivity contribution in [2.75, 3.05) is 0 Å². The summed E-state index contributed by atoms with van der Waals surface area (Å²) in [5, 5.41) is 18.5. The van der Waals surface area contributed by atoms with Crippen molar-refractivity contribution in [3.63, 3.8) is 0 Å². The van der Waals surface area contributed by atoms with Crippen LogP contribution >= 0.6 is 0 Å². The van der Waals surface area contributed by atoms with Crippen LogP contribution < -0.4 is 0 Å². The number of carboxylic acid groups (broad SMARTS) is 1. The molecule has 3 unspecified atom stereocenters. The zero-order chi connectivity index (χ0) is 14.1. The van der Waals surface area contributed by atoms with Crippen LogP contribution in [0.4, 0.5) is 0 Å². The molecule has 0 saturated carbocycles. The minimum atomic E-state index is -0.993. The Bertz CT molecular complexity index is 266. The number of carbonyl (C=O) groups excluding carboxylic acids is 1. The van der Waals surface area contributed by atoms with Crippen molar-refractivity contribution in [1.29, 1.82) is 0 Å². The van der Waals surface area contributed by atoms with Crippen molar-refractivity contribution in [2.45, 2.75) is 94.8 Å². The summed E-state index contributed by atoms with van der Waals surface area (Å²) in [6.45, 7) is 5.48. The lowest BCUT2D eigenvalue weighted by Gasteiger charge is -2.17. The van der Waals surface area contributed by atoms with Crippen LogP contribution in [-0.4, -0.2) is 34.4 Å². The summed E-state index contributed by atoms with van der Waals surface area (Å²) < 4.78 is 5.08. The first-order valence-electron chi connectivity index (χ1n) is 6.52. The van der Waals surface area contributed by atoms with E-state index < -0.39 is 18.0 Å². The Morgan fingerprint density at radius 1 is 1.05 bits per heavy atom. The summed E-state index contributed by atoms with van der Waals surface area (Å²) in [5.74, 6) is -2.04. The Kier molecular flexibility index (Phi) is 26.7. The average molecular weight is 325 g/mol. The molecular formula is C17H40O5. The van der Waals surface area contributed by atoms with Gasteiger partial charge >= 0.3 is 11.9 Å². The van der Waals surface area contributed by atoms with Crippen LogP contribution in [0.3, 0.4) is 0 Å². The fourth-order valence-electron chi connectivity index (χ4n) is 1.63. The lowest BCUT2D eigenvalue weighted by atomic mass is 9.95. The van der Waals surface area contributed by atoms with E-state index in [2.05, 4.69) is 0 Å². The van der Waals surface area contributed by atoms with E-state index in [-0.39, 0.29) is 48.2 Å². The molecule has 0 aromatic heterocycles. The van der Waals surface area contributed by atoms with Gasteiger partial charge < -0.3 is 14.9 Å². The molecule has 0 aliphatic rings. The highest BCUT2D eigenvalue weighted by Crippen LogP contribution is 2.15. The molecule has 3 atom stereocenters. The van der Waals surface area contributed by atoms with Gasteiger partial charge in [-0.3, -0.25) is 9.59 Å². The predicted octanol–water partition coefficient (Wildman–Crippen LogP) is 4.51. The van der Waals surface area contributed by atoms with E-state index in [9.17, 15) is 14.7 Å². The van der Waals surface area contributed by atoms with Gasteiger partial charge in [0.05, 0.1) is 18.1 Å². The average Bonchev–Trinajstić information content (AvgIpc) is 2.29. The predicted molar refractivity (Wildman–Crippen MR) is 94.0 cm³/mol. The van der Waals surface area contributed by atoms with Gasteiger partial charge in [0, 0.05) is 6.42 Å². The van der Waals surface area contributed by atoms with Crippen molar-refractivity contribution in [3.8, 4) is 0 Å². The standard InChI is InChI=1S/C13H24O5.4CH4/c1-4-9(3)18-12(15)8-6-7-11(14)10(5-2)13(16)17;;;;/h9-11,14H,4-8H2,1-3H3,(H,16,17);4*1H4. The first kappa shape index (κ1) is 32.7. The van der Waals surface area contributed by atoms with E-state index in [1.807, 2.05) is 13.8 Å². The Labute approximate surface area is 138 Å². The second-order valence-electron chi connectivity index (χ2n) is 4.52. The van der Waals surface area contributed by atoms with Gasteiger partial charge in [0.1, 0.15) is 0 Å². The largest absolute Gasteiger partial charge is 0.481 e. The molecule has 0 rings (SSSR count). The van der Waals surface area contributed by atoms with Gasteiger partial charge in [-0.2, -0.15) is 0 Å². The van der Waals surface area contributed by atoms with Gasteiger partial charge in [-0.05, 0) is 32.6 Å². The Morgan fingerprint density at radius 3 is 1.91 bits per heavy atom. The number of aliphatic carboxylic acids is 1. The monoisotopic (exact) mass is 324 g/mol. The minimum Gasteiger partial charge on any atom is -0.481 e. The Hall–Kier alpha value is -1.10. The van der Waals surface area contributed by atoms with Crippen molar-refractivity contribution < 1.29 is 24.5 Å². The fourth-order valence-corrected chi connectivity index (χ4v) is 1.63. The highest BCUT2D eigenvalue weighted by atomic mass is 16.5. The molecule has 0 fully saturated rings. The zero-order valence-corrected chi connectivity index (χ0v) is 11.4. The van der Waals surface area contributed by atoms with E-state index in [4.69, 9.17) is 9.84 Å². The van der Waals surface area contributed by atoms with Crippen molar-refractivity contribution in [1.82, 2.24) is 0 Å². The maximum atomic E-state index is 11.3. The maximum absolute atomic E-state index is 11.3. The molecule has 0 aliphatic heterocycles. The Balaban J connectivity index is -0.000000241. The van der Waals surface area contributed by atoms with E-state index in [1.54, 1.807) is 6.92 Å². The highest BCUT2D eigenvalue weighted by molar-refractivity contribution is 5.71. The van der Waals surface area contributed by atoms with Crippen LogP contribution in [0, 0.1) is 5.92 Å². The van der Waals surface area contributed by atoms with Gasteiger partial charge in [0.25, 0.3) is 0 Å². The fraction of sp³-hybridized carbons (Fsp3) is 0.882. The zero-order valence-electron chi connectivity index (χ0n) is 11.4. The number of ether oxygens (including phenoxy) is 1. The SMILES string of the molecule is C.C.C.C.CCC(C)OC(=O)CCCC(O)C(CC)C(=O)O. The molecule has 0 aromatic carbocycles. The number of aliphatic hydroxyl groups excluding tert-OH is 1. The summed E-state index contributed by atoms with van der Waals surface area (Å²) in [6.07, 6.45) is 1.13. The number of carboxylic acids is 1. The maximum Gasteiger partial charge on any atom is 0.309 e. The van der Waals surface area contributed by atoms with Gasteiger partial charge in [0.15, 0.2) is 0 Å². The highest BCUT2D eigenvalue weighted by Gasteiger charge is 2.24. The molecule has 0 amide bonds. The second-order valence-corrected chi connectivity index (χ2v) is 4.52. The van der Waals surface area contributed by atoms with Gasteiger partial charge in [-0.25, -0.2) is 0 Å². The molecule has 0 aliphatic carbocycles. The molecule has 0 spiro atoms. The molecule has 2 N–H and O–H groups in total. The van der Waals surface area contributed by atoms with Crippen LogP contribution in [0.2, 0.25) is 0 Å². The van der Waals surface area contributed by atoms with Crippen LogP contribution in [0.1, 0.15) is 82.6 Å². The quantitative estimate of drug-likeness (QED) is 0.609. The number of esters is 1. The van der Waals surface area contributed by atoms with Crippen molar-refractivity contribution in [3.05, 3.63) is 0 Å². The van der Waals surface area contributed by atoms with Crippen LogP contribution in [0.5, 0.6) is 0 Å². The summed E-state index contributed by atoms with van der Waals surface area (Å²) in [7, 11) is 0. The first-order valence-corrected chi connectivity index (χ1v) is 6.52. The molecule has 5 heteroatoms. The number of hydrogen-bond donors (Lipinski definition) is 2. The first-order chi connectivity index (χ1) is 8.42. The molecule has 0 bridgehead atoms. The van der Waals surface area contributed by atoms with Gasteiger partial charge in [0.2, 0.25) is 0 Å². The van der Waals surface area contributed by atoms with E-state index >= 15 is 0 Å². The van der Waals surface area contributed by atoms with Gasteiger partial charge in [-0.1, -0.05) is 43.6 Å². The number of carbonyl (C=O) groups is 2. The molecule has 0 saturated heterocycles. The molecular weight excluding hydrogens is 284 g/mol. The van der Waals surface area contributed by atoms with Crippen molar-refractivity contribution in [2.24, 2.45) is 5.92 Å². The minimum absolute atomic E-state index is 0. The smallest absolute Gasteiger partial charge is 0.309 e. The summed E-state index contributed by atoms with van der Waals surface area (Å²) in [6, 6.07) is 0. The van der Waals surface area contributed by atoms with Crippen LogP contribution in [0.25, 0.3) is 0 Å². The second kappa shape index (κ2) is 18.0. The number of hydrogen-bond acceptors (Lipinski definition) is 4. The third-order valence-corrected chi connectivity index (χ3v) is 3.01. The lowest BCUT2D eigenvalue weighted by Crippen LogP contribution is -2.27. The molecule has 22 heavy (non-hydrogen) atoms. The van der Waals surface area contributed by atoms with Crippen LogP contribution in [-0.2, 0) is 14.3 Å². The normalized spacial score (nSPS) is 12.9. The van der Waals surface area contributed by atoms with E-state index in [0.717, 1.165) is 6.42 Å². The van der Waals surface area contributed by atoms with Crippen molar-refractivity contribution >= 4 is 11.9 Å². The summed E-state index contributed by atoms with van der Waals surface area (Å²) in [4.78, 5) is 22.1. The third-order valence-electron chi connectivity index (χ3n) is 3.01.